The third kappa shape index (κ3) is 4.42. The fourth-order valence-electron chi connectivity index (χ4n) is 1.08. The molecular weight excluding hydrogens is 263 g/mol. The predicted octanol–water partition coefficient (Wildman–Crippen LogP) is 3.34. The lowest BCUT2D eigenvalue weighted by Gasteiger charge is -2.05. The molecule has 82 valence electrons. The maximum absolute atomic E-state index is 13.0. The third-order valence-electron chi connectivity index (χ3n) is 1.83. The summed E-state index contributed by atoms with van der Waals surface area (Å²) < 4.78 is 18.7. The highest BCUT2D eigenvalue weighted by Crippen LogP contribution is 2.20. The number of ether oxygens (including phenoxy) is 1. The van der Waals surface area contributed by atoms with E-state index in [0.29, 0.717) is 29.7 Å². The van der Waals surface area contributed by atoms with Crippen molar-refractivity contribution in [1.29, 1.82) is 0 Å². The molecule has 0 unspecified atom stereocenters. The molecule has 0 aliphatic rings. The normalized spacial score (nSPS) is 10.1. The van der Waals surface area contributed by atoms with Gasteiger partial charge in [-0.05, 0) is 41.4 Å². The van der Waals surface area contributed by atoms with Gasteiger partial charge in [-0.1, -0.05) is 0 Å². The number of hydrogen-bond acceptors (Lipinski definition) is 2. The van der Waals surface area contributed by atoms with Crippen LogP contribution in [0.2, 0.25) is 0 Å². The van der Waals surface area contributed by atoms with E-state index in [1.54, 1.807) is 19.1 Å². The van der Waals surface area contributed by atoms with Crippen molar-refractivity contribution < 1.29 is 13.9 Å². The molecule has 0 saturated heterocycles. The van der Waals surface area contributed by atoms with Gasteiger partial charge in [-0.3, -0.25) is 0 Å². The quantitative estimate of drug-likeness (QED) is 0.770. The second kappa shape index (κ2) is 5.85. The Morgan fingerprint density at radius 2 is 2.27 bits per heavy atom. The number of ketones is 1. The molecule has 0 spiro atoms. The smallest absolute Gasteiger partial charge is 0.141 e. The lowest BCUT2D eigenvalue weighted by molar-refractivity contribution is -0.117. The zero-order valence-electron chi connectivity index (χ0n) is 8.43. The van der Waals surface area contributed by atoms with Gasteiger partial charge < -0.3 is 9.53 Å². The molecule has 1 aromatic carbocycles. The van der Waals surface area contributed by atoms with Crippen molar-refractivity contribution >= 4 is 21.7 Å². The van der Waals surface area contributed by atoms with Gasteiger partial charge in [0.05, 0.1) is 11.1 Å². The second-order valence-electron chi connectivity index (χ2n) is 3.23. The lowest BCUT2D eigenvalue weighted by Crippen LogP contribution is -2.00. The Balaban J connectivity index is 2.38. The van der Waals surface area contributed by atoms with E-state index >= 15 is 0 Å². The zero-order chi connectivity index (χ0) is 11.3. The summed E-state index contributed by atoms with van der Waals surface area (Å²) in [5.41, 5.74) is 0. The van der Waals surface area contributed by atoms with Crippen molar-refractivity contribution in [3.05, 3.63) is 28.5 Å². The minimum absolute atomic E-state index is 0.139. The van der Waals surface area contributed by atoms with E-state index in [2.05, 4.69) is 15.9 Å². The highest BCUT2D eigenvalue weighted by molar-refractivity contribution is 9.10. The Hall–Kier alpha value is -0.900. The largest absolute Gasteiger partial charge is 0.493 e. The molecule has 0 heterocycles. The number of hydrogen-bond donors (Lipinski definition) is 0. The SMILES string of the molecule is CC(=O)CCCOc1ccc(Br)c(F)c1. The Bertz CT molecular complexity index is 352. The molecule has 1 aromatic rings. The maximum atomic E-state index is 13.0. The number of rotatable bonds is 5. The molecule has 0 N–H and O–H groups in total. The van der Waals surface area contributed by atoms with Crippen LogP contribution in [0.15, 0.2) is 22.7 Å². The Labute approximate surface area is 96.6 Å². The first-order valence-electron chi connectivity index (χ1n) is 4.67. The molecule has 15 heavy (non-hydrogen) atoms. The van der Waals surface area contributed by atoms with Gasteiger partial charge in [-0.25, -0.2) is 4.39 Å². The molecule has 0 aromatic heterocycles. The van der Waals surface area contributed by atoms with Crippen LogP contribution in [0, 0.1) is 5.82 Å². The van der Waals surface area contributed by atoms with Crippen LogP contribution in [0.3, 0.4) is 0 Å². The molecule has 0 saturated carbocycles. The minimum Gasteiger partial charge on any atom is -0.493 e. The molecule has 0 radical (unpaired) electrons. The van der Waals surface area contributed by atoms with Gasteiger partial charge in [0, 0.05) is 12.5 Å². The summed E-state index contributed by atoms with van der Waals surface area (Å²) in [6.07, 6.45) is 1.16. The van der Waals surface area contributed by atoms with E-state index < -0.39 is 0 Å². The molecule has 0 aliphatic heterocycles. The van der Waals surface area contributed by atoms with Gasteiger partial charge in [0.1, 0.15) is 17.3 Å². The summed E-state index contributed by atoms with van der Waals surface area (Å²) in [5, 5.41) is 0. The summed E-state index contributed by atoms with van der Waals surface area (Å²) in [6.45, 7) is 1.97. The van der Waals surface area contributed by atoms with E-state index in [1.165, 1.54) is 6.07 Å². The number of carbonyl (C=O) groups excluding carboxylic acids is 1. The number of benzene rings is 1. The van der Waals surface area contributed by atoms with Crippen LogP contribution in [0.5, 0.6) is 5.75 Å². The van der Waals surface area contributed by atoms with Crippen LogP contribution in [-0.2, 0) is 4.79 Å². The molecule has 0 aliphatic carbocycles. The fourth-order valence-corrected chi connectivity index (χ4v) is 1.32. The summed E-state index contributed by atoms with van der Waals surface area (Å²) in [4.78, 5) is 10.6. The monoisotopic (exact) mass is 274 g/mol. The molecule has 0 bridgehead atoms. The summed E-state index contributed by atoms with van der Waals surface area (Å²) in [7, 11) is 0. The summed E-state index contributed by atoms with van der Waals surface area (Å²) in [6, 6.07) is 4.59. The average Bonchev–Trinajstić information content (AvgIpc) is 2.18. The van der Waals surface area contributed by atoms with E-state index in [0.717, 1.165) is 0 Å². The van der Waals surface area contributed by atoms with E-state index in [4.69, 9.17) is 4.74 Å². The second-order valence-corrected chi connectivity index (χ2v) is 4.08. The van der Waals surface area contributed by atoms with E-state index in [-0.39, 0.29) is 11.6 Å². The van der Waals surface area contributed by atoms with E-state index in [1.807, 2.05) is 0 Å². The lowest BCUT2D eigenvalue weighted by atomic mass is 10.2. The first-order chi connectivity index (χ1) is 7.09. The van der Waals surface area contributed by atoms with Gasteiger partial charge in [-0.15, -0.1) is 0 Å². The zero-order valence-corrected chi connectivity index (χ0v) is 10.0. The van der Waals surface area contributed by atoms with Crippen LogP contribution in [0.1, 0.15) is 19.8 Å². The number of Topliss-reactive ketones (excluding diaryl/α,β-unsaturated/α-hetero) is 1. The number of halogens is 2. The molecule has 0 atom stereocenters. The van der Waals surface area contributed by atoms with Gasteiger partial charge in [0.25, 0.3) is 0 Å². The fraction of sp³-hybridized carbons (Fsp3) is 0.364. The topological polar surface area (TPSA) is 26.3 Å². The van der Waals surface area contributed by atoms with Crippen molar-refractivity contribution in [3.63, 3.8) is 0 Å². The Kier molecular flexibility index (Phi) is 4.75. The molecular formula is C11H12BrFO2. The van der Waals surface area contributed by atoms with Crippen LogP contribution in [0.4, 0.5) is 4.39 Å². The van der Waals surface area contributed by atoms with Crippen LogP contribution in [-0.4, -0.2) is 12.4 Å². The minimum atomic E-state index is -0.348. The average molecular weight is 275 g/mol. The van der Waals surface area contributed by atoms with Gasteiger partial charge in [0.2, 0.25) is 0 Å². The Morgan fingerprint density at radius 3 is 2.87 bits per heavy atom. The van der Waals surface area contributed by atoms with Crippen molar-refractivity contribution in [2.24, 2.45) is 0 Å². The molecule has 0 fully saturated rings. The maximum Gasteiger partial charge on any atom is 0.141 e. The highest BCUT2D eigenvalue weighted by atomic mass is 79.9. The summed E-state index contributed by atoms with van der Waals surface area (Å²) >= 11 is 3.06. The van der Waals surface area contributed by atoms with Crippen molar-refractivity contribution in [2.45, 2.75) is 19.8 Å². The van der Waals surface area contributed by atoms with Crippen LogP contribution >= 0.6 is 15.9 Å². The Morgan fingerprint density at radius 1 is 1.53 bits per heavy atom. The third-order valence-corrected chi connectivity index (χ3v) is 2.48. The highest BCUT2D eigenvalue weighted by Gasteiger charge is 2.01. The van der Waals surface area contributed by atoms with Crippen LogP contribution < -0.4 is 4.74 Å². The molecule has 0 amide bonds. The van der Waals surface area contributed by atoms with Crippen LogP contribution in [0.25, 0.3) is 0 Å². The van der Waals surface area contributed by atoms with Crippen molar-refractivity contribution in [3.8, 4) is 5.75 Å². The van der Waals surface area contributed by atoms with Gasteiger partial charge in [-0.2, -0.15) is 0 Å². The molecule has 4 heteroatoms. The summed E-state index contributed by atoms with van der Waals surface area (Å²) in [5.74, 6) is 0.277. The first kappa shape index (κ1) is 12.2. The van der Waals surface area contributed by atoms with Crippen molar-refractivity contribution in [2.75, 3.05) is 6.61 Å². The van der Waals surface area contributed by atoms with Gasteiger partial charge in [0.15, 0.2) is 0 Å². The van der Waals surface area contributed by atoms with E-state index in [9.17, 15) is 9.18 Å². The number of carbonyl (C=O) groups is 1. The predicted molar refractivity (Wildman–Crippen MR) is 59.5 cm³/mol. The standard InChI is InChI=1S/C11H12BrFO2/c1-8(14)3-2-6-15-9-4-5-10(12)11(13)7-9/h4-5,7H,2-3,6H2,1H3. The first-order valence-corrected chi connectivity index (χ1v) is 5.46. The van der Waals surface area contributed by atoms with Gasteiger partial charge >= 0.3 is 0 Å². The molecule has 1 rings (SSSR count). The molecule has 2 nitrogen and oxygen atoms in total. The van der Waals surface area contributed by atoms with Crippen molar-refractivity contribution in [1.82, 2.24) is 0 Å².